The van der Waals surface area contributed by atoms with E-state index in [0.29, 0.717) is 12.2 Å². The summed E-state index contributed by atoms with van der Waals surface area (Å²) in [5.41, 5.74) is 6.38. The highest BCUT2D eigenvalue weighted by atomic mass is 35.5. The Morgan fingerprint density at radius 1 is 1.59 bits per heavy atom. The van der Waals surface area contributed by atoms with E-state index in [9.17, 15) is 4.79 Å². The SMILES string of the molecule is CCC(NC(=O)c1[nH]nc(N)c1Cl)c1cn2cccnc2n1. The number of aromatic amines is 1. The quantitative estimate of drug-likeness (QED) is 0.675. The second-order valence-corrected chi connectivity index (χ2v) is 5.10. The maximum atomic E-state index is 12.3. The molecule has 0 aliphatic heterocycles. The number of amides is 1. The van der Waals surface area contributed by atoms with Crippen molar-refractivity contribution < 1.29 is 4.79 Å². The van der Waals surface area contributed by atoms with E-state index in [1.54, 1.807) is 10.6 Å². The lowest BCUT2D eigenvalue weighted by atomic mass is 10.1. The summed E-state index contributed by atoms with van der Waals surface area (Å²) in [6.07, 6.45) is 6.01. The van der Waals surface area contributed by atoms with Crippen molar-refractivity contribution >= 4 is 29.1 Å². The summed E-state index contributed by atoms with van der Waals surface area (Å²) in [7, 11) is 0. The number of fused-ring (bicyclic) bond motifs is 1. The fourth-order valence-corrected chi connectivity index (χ4v) is 2.30. The molecule has 0 saturated heterocycles. The van der Waals surface area contributed by atoms with Gasteiger partial charge >= 0.3 is 0 Å². The van der Waals surface area contributed by atoms with Crippen molar-refractivity contribution in [1.29, 1.82) is 0 Å². The predicted octanol–water partition coefficient (Wildman–Crippen LogP) is 1.57. The Morgan fingerprint density at radius 3 is 3.05 bits per heavy atom. The van der Waals surface area contributed by atoms with Gasteiger partial charge in [0, 0.05) is 18.6 Å². The van der Waals surface area contributed by atoms with Crippen LogP contribution in [-0.4, -0.2) is 30.5 Å². The first kappa shape index (κ1) is 14.3. The number of imidazole rings is 1. The van der Waals surface area contributed by atoms with Crippen LogP contribution in [0.2, 0.25) is 5.02 Å². The smallest absolute Gasteiger partial charge is 0.271 e. The van der Waals surface area contributed by atoms with Gasteiger partial charge in [-0.25, -0.2) is 9.97 Å². The summed E-state index contributed by atoms with van der Waals surface area (Å²) in [4.78, 5) is 20.8. The van der Waals surface area contributed by atoms with E-state index in [1.165, 1.54) is 0 Å². The molecule has 1 atom stereocenters. The molecule has 3 aromatic heterocycles. The van der Waals surface area contributed by atoms with Gasteiger partial charge in [0.1, 0.15) is 10.7 Å². The number of nitrogens with two attached hydrogens (primary N) is 1. The molecule has 8 nitrogen and oxygen atoms in total. The molecule has 1 unspecified atom stereocenters. The van der Waals surface area contributed by atoms with Crippen molar-refractivity contribution in [2.75, 3.05) is 5.73 Å². The summed E-state index contributed by atoms with van der Waals surface area (Å²) in [6, 6.07) is 1.54. The third-order valence-electron chi connectivity index (χ3n) is 3.28. The minimum Gasteiger partial charge on any atom is -0.381 e. The Morgan fingerprint density at radius 2 is 2.41 bits per heavy atom. The van der Waals surface area contributed by atoms with Crippen LogP contribution in [0.4, 0.5) is 5.82 Å². The summed E-state index contributed by atoms with van der Waals surface area (Å²) < 4.78 is 1.80. The molecule has 3 heterocycles. The Kier molecular flexibility index (Phi) is 3.68. The average molecular weight is 320 g/mol. The first-order chi connectivity index (χ1) is 10.6. The molecule has 0 saturated carbocycles. The molecule has 0 aromatic carbocycles. The van der Waals surface area contributed by atoms with E-state index in [4.69, 9.17) is 17.3 Å². The van der Waals surface area contributed by atoms with Crippen LogP contribution in [0.1, 0.15) is 35.6 Å². The third kappa shape index (κ3) is 2.48. The molecule has 0 radical (unpaired) electrons. The van der Waals surface area contributed by atoms with Crippen molar-refractivity contribution in [3.63, 3.8) is 0 Å². The number of H-pyrrole nitrogens is 1. The fraction of sp³-hybridized carbons (Fsp3) is 0.231. The molecule has 22 heavy (non-hydrogen) atoms. The molecule has 0 fully saturated rings. The number of aromatic nitrogens is 5. The molecule has 9 heteroatoms. The number of hydrogen-bond donors (Lipinski definition) is 3. The molecule has 0 spiro atoms. The topological polar surface area (TPSA) is 114 Å². The van der Waals surface area contributed by atoms with Crippen LogP contribution >= 0.6 is 11.6 Å². The van der Waals surface area contributed by atoms with Crippen LogP contribution in [0.25, 0.3) is 5.78 Å². The number of anilines is 1. The number of nitrogen functional groups attached to an aromatic ring is 1. The fourth-order valence-electron chi connectivity index (χ4n) is 2.12. The number of halogens is 1. The van der Waals surface area contributed by atoms with Gasteiger partial charge in [0.2, 0.25) is 5.78 Å². The lowest BCUT2D eigenvalue weighted by Gasteiger charge is -2.13. The summed E-state index contributed by atoms with van der Waals surface area (Å²) >= 11 is 5.93. The van der Waals surface area contributed by atoms with Crippen LogP contribution < -0.4 is 11.1 Å². The molecule has 4 N–H and O–H groups in total. The van der Waals surface area contributed by atoms with Crippen LogP contribution in [-0.2, 0) is 0 Å². The Bertz CT molecular complexity index is 792. The lowest BCUT2D eigenvalue weighted by molar-refractivity contribution is 0.0930. The number of hydrogen-bond acceptors (Lipinski definition) is 5. The van der Waals surface area contributed by atoms with E-state index in [-0.39, 0.29) is 28.5 Å². The Hall–Kier alpha value is -2.61. The van der Waals surface area contributed by atoms with E-state index in [0.717, 1.165) is 5.69 Å². The molecule has 3 aromatic rings. The number of rotatable bonds is 4. The average Bonchev–Trinajstić information content (AvgIpc) is 3.09. The van der Waals surface area contributed by atoms with E-state index < -0.39 is 0 Å². The number of nitrogens with zero attached hydrogens (tertiary/aromatic N) is 4. The van der Waals surface area contributed by atoms with Crippen molar-refractivity contribution in [3.8, 4) is 0 Å². The highest BCUT2D eigenvalue weighted by Crippen LogP contribution is 2.22. The van der Waals surface area contributed by atoms with Gasteiger partial charge < -0.3 is 11.1 Å². The van der Waals surface area contributed by atoms with Gasteiger partial charge in [-0.15, -0.1) is 0 Å². The van der Waals surface area contributed by atoms with Gasteiger partial charge in [0.05, 0.1) is 11.7 Å². The van der Waals surface area contributed by atoms with Gasteiger partial charge in [-0.2, -0.15) is 5.10 Å². The normalized spacial score (nSPS) is 12.5. The van der Waals surface area contributed by atoms with Gasteiger partial charge in [0.15, 0.2) is 5.82 Å². The zero-order valence-corrected chi connectivity index (χ0v) is 12.5. The van der Waals surface area contributed by atoms with Gasteiger partial charge in [-0.3, -0.25) is 14.3 Å². The molecule has 3 rings (SSSR count). The molecule has 1 amide bonds. The number of carbonyl (C=O) groups is 1. The highest BCUT2D eigenvalue weighted by molar-refractivity contribution is 6.35. The number of carbonyl (C=O) groups excluding carboxylic acids is 1. The largest absolute Gasteiger partial charge is 0.381 e. The Balaban J connectivity index is 1.85. The monoisotopic (exact) mass is 319 g/mol. The maximum absolute atomic E-state index is 12.3. The van der Waals surface area contributed by atoms with Crippen LogP contribution in [0.5, 0.6) is 0 Å². The standard InChI is InChI=1S/C13H14ClN7O/c1-2-7(8-6-21-5-3-4-16-13(21)18-8)17-12(22)10-9(14)11(15)20-19-10/h3-7H,2H2,1H3,(H,17,22)(H3,15,19,20). The zero-order chi connectivity index (χ0) is 15.7. The predicted molar refractivity (Wildman–Crippen MR) is 81.5 cm³/mol. The van der Waals surface area contributed by atoms with Crippen LogP contribution in [0, 0.1) is 0 Å². The van der Waals surface area contributed by atoms with E-state index >= 15 is 0 Å². The second kappa shape index (κ2) is 5.64. The van der Waals surface area contributed by atoms with E-state index in [2.05, 4.69) is 25.5 Å². The molecule has 0 aliphatic carbocycles. The van der Waals surface area contributed by atoms with Gasteiger partial charge in [0.25, 0.3) is 5.91 Å². The molecular weight excluding hydrogens is 306 g/mol. The molecule has 0 bridgehead atoms. The minimum atomic E-state index is -0.383. The first-order valence-corrected chi connectivity index (χ1v) is 7.07. The third-order valence-corrected chi connectivity index (χ3v) is 3.67. The van der Waals surface area contributed by atoms with E-state index in [1.807, 2.05) is 25.4 Å². The number of nitrogens with one attached hydrogen (secondary N) is 2. The van der Waals surface area contributed by atoms with Crippen LogP contribution in [0.3, 0.4) is 0 Å². The molecule has 114 valence electrons. The summed E-state index contributed by atoms with van der Waals surface area (Å²) in [5.74, 6) is 0.289. The second-order valence-electron chi connectivity index (χ2n) is 4.72. The summed E-state index contributed by atoms with van der Waals surface area (Å²) in [5, 5.41) is 9.21. The minimum absolute atomic E-state index is 0.0943. The lowest BCUT2D eigenvalue weighted by Crippen LogP contribution is -2.29. The highest BCUT2D eigenvalue weighted by Gasteiger charge is 2.21. The van der Waals surface area contributed by atoms with Crippen molar-refractivity contribution in [2.45, 2.75) is 19.4 Å². The Labute approximate surface area is 130 Å². The molecule has 0 aliphatic rings. The van der Waals surface area contributed by atoms with Crippen molar-refractivity contribution in [1.82, 2.24) is 29.9 Å². The van der Waals surface area contributed by atoms with Gasteiger partial charge in [-0.05, 0) is 12.5 Å². The molecular formula is C13H14ClN7O. The first-order valence-electron chi connectivity index (χ1n) is 6.70. The van der Waals surface area contributed by atoms with Crippen molar-refractivity contribution in [2.24, 2.45) is 0 Å². The maximum Gasteiger partial charge on any atom is 0.271 e. The van der Waals surface area contributed by atoms with Crippen molar-refractivity contribution in [3.05, 3.63) is 41.1 Å². The van der Waals surface area contributed by atoms with Gasteiger partial charge in [-0.1, -0.05) is 18.5 Å². The zero-order valence-electron chi connectivity index (χ0n) is 11.7. The summed E-state index contributed by atoms with van der Waals surface area (Å²) in [6.45, 7) is 1.95. The van der Waals surface area contributed by atoms with Crippen LogP contribution in [0.15, 0.2) is 24.7 Å².